The second kappa shape index (κ2) is 16.2. The maximum atomic E-state index is 12.8. The van der Waals surface area contributed by atoms with Gasteiger partial charge < -0.3 is 25.6 Å². The van der Waals surface area contributed by atoms with Crippen molar-refractivity contribution in [2.75, 3.05) is 41.7 Å². The summed E-state index contributed by atoms with van der Waals surface area (Å²) >= 11 is 7.10. The molecule has 1 atom stereocenters. The SMILES string of the molecule is CCCCCCCC(=O)Nc1cc(NCC(CNC(=O)c2ccc(Cl)s2)OC=O)ccc1N1CCCCC1. The van der Waals surface area contributed by atoms with E-state index in [4.69, 9.17) is 16.3 Å². The van der Waals surface area contributed by atoms with Crippen molar-refractivity contribution in [2.24, 2.45) is 0 Å². The third-order valence-electron chi connectivity index (χ3n) is 6.54. The summed E-state index contributed by atoms with van der Waals surface area (Å²) in [4.78, 5) is 39.0. The molecule has 38 heavy (non-hydrogen) atoms. The lowest BCUT2D eigenvalue weighted by atomic mass is 10.1. The fourth-order valence-corrected chi connectivity index (χ4v) is 5.43. The lowest BCUT2D eigenvalue weighted by Gasteiger charge is -2.31. The van der Waals surface area contributed by atoms with Crippen molar-refractivity contribution in [1.82, 2.24) is 5.32 Å². The van der Waals surface area contributed by atoms with Gasteiger partial charge in [0, 0.05) is 25.2 Å². The average molecular weight is 563 g/mol. The number of carbonyl (C=O) groups is 3. The summed E-state index contributed by atoms with van der Waals surface area (Å²) in [5.41, 5.74) is 2.60. The number of benzene rings is 1. The van der Waals surface area contributed by atoms with Crippen LogP contribution in [0.2, 0.25) is 4.34 Å². The number of ether oxygens (including phenoxy) is 1. The van der Waals surface area contributed by atoms with Crippen molar-refractivity contribution < 1.29 is 19.1 Å². The second-order valence-corrected chi connectivity index (χ2v) is 11.3. The molecule has 208 valence electrons. The van der Waals surface area contributed by atoms with Crippen molar-refractivity contribution >= 4 is 58.3 Å². The Labute approximate surface area is 234 Å². The van der Waals surface area contributed by atoms with Gasteiger partial charge in [0.2, 0.25) is 5.91 Å². The zero-order valence-electron chi connectivity index (χ0n) is 22.1. The van der Waals surface area contributed by atoms with Gasteiger partial charge in [0.15, 0.2) is 0 Å². The summed E-state index contributed by atoms with van der Waals surface area (Å²) in [6.07, 6.45) is 8.93. The molecule has 0 spiro atoms. The molecule has 2 aromatic rings. The Bertz CT molecular complexity index is 1040. The molecule has 1 fully saturated rings. The fourth-order valence-electron chi connectivity index (χ4n) is 4.47. The number of hydrogen-bond donors (Lipinski definition) is 3. The maximum absolute atomic E-state index is 12.8. The van der Waals surface area contributed by atoms with Gasteiger partial charge in [-0.2, -0.15) is 0 Å². The summed E-state index contributed by atoms with van der Waals surface area (Å²) in [6, 6.07) is 9.25. The first-order chi connectivity index (χ1) is 18.5. The molecule has 1 aliphatic rings. The minimum Gasteiger partial charge on any atom is -0.461 e. The molecule has 0 bridgehead atoms. The molecule has 10 heteroatoms. The van der Waals surface area contributed by atoms with Crippen molar-refractivity contribution in [3.05, 3.63) is 39.5 Å². The molecule has 2 heterocycles. The standard InChI is InChI=1S/C28H39ClN4O4S/c1-2-3-4-5-7-10-27(35)32-23-17-21(11-12-24(23)33-15-8-6-9-16-33)30-18-22(37-20-34)19-31-28(36)25-13-14-26(29)38-25/h11-14,17,20,22,30H,2-10,15-16,18-19H2,1H3,(H,31,36)(H,32,35). The first-order valence-electron chi connectivity index (χ1n) is 13.6. The Morgan fingerprint density at radius 2 is 1.87 bits per heavy atom. The van der Waals surface area contributed by atoms with Crippen LogP contribution in [-0.2, 0) is 14.3 Å². The van der Waals surface area contributed by atoms with Crippen LogP contribution in [0.5, 0.6) is 0 Å². The van der Waals surface area contributed by atoms with E-state index in [-0.39, 0.29) is 24.9 Å². The highest BCUT2D eigenvalue weighted by Crippen LogP contribution is 2.32. The van der Waals surface area contributed by atoms with Crippen molar-refractivity contribution in [3.63, 3.8) is 0 Å². The Kier molecular flexibility index (Phi) is 12.7. The van der Waals surface area contributed by atoms with E-state index in [0.717, 1.165) is 62.3 Å². The number of rotatable bonds is 16. The minimum absolute atomic E-state index is 0.0236. The van der Waals surface area contributed by atoms with Gasteiger partial charge in [-0.05, 0) is 56.0 Å². The monoisotopic (exact) mass is 562 g/mol. The highest BCUT2D eigenvalue weighted by Gasteiger charge is 2.18. The summed E-state index contributed by atoms with van der Waals surface area (Å²) < 4.78 is 5.72. The van der Waals surface area contributed by atoms with Crippen LogP contribution in [0.1, 0.15) is 74.4 Å². The molecular weight excluding hydrogens is 524 g/mol. The van der Waals surface area contributed by atoms with Crippen LogP contribution in [0.25, 0.3) is 0 Å². The molecule has 2 amide bonds. The first-order valence-corrected chi connectivity index (χ1v) is 14.7. The zero-order chi connectivity index (χ0) is 27.2. The largest absolute Gasteiger partial charge is 0.461 e. The van der Waals surface area contributed by atoms with E-state index in [1.54, 1.807) is 12.1 Å². The number of anilines is 3. The van der Waals surface area contributed by atoms with Crippen LogP contribution in [0.15, 0.2) is 30.3 Å². The topological polar surface area (TPSA) is 99.8 Å². The smallest absolute Gasteiger partial charge is 0.293 e. The molecule has 1 saturated heterocycles. The van der Waals surface area contributed by atoms with E-state index >= 15 is 0 Å². The molecular formula is C28H39ClN4O4S. The number of nitrogens with one attached hydrogen (secondary N) is 3. The summed E-state index contributed by atoms with van der Waals surface area (Å²) in [5, 5.41) is 9.20. The Morgan fingerprint density at radius 3 is 2.58 bits per heavy atom. The molecule has 8 nitrogen and oxygen atoms in total. The van der Waals surface area contributed by atoms with Gasteiger partial charge in [-0.15, -0.1) is 11.3 Å². The van der Waals surface area contributed by atoms with Gasteiger partial charge in [0.1, 0.15) is 6.10 Å². The zero-order valence-corrected chi connectivity index (χ0v) is 23.7. The molecule has 0 radical (unpaired) electrons. The van der Waals surface area contributed by atoms with Crippen LogP contribution in [0, 0.1) is 0 Å². The highest BCUT2D eigenvalue weighted by atomic mass is 35.5. The number of amides is 2. The predicted molar refractivity (Wildman–Crippen MR) is 156 cm³/mol. The third-order valence-corrected chi connectivity index (χ3v) is 7.77. The van der Waals surface area contributed by atoms with Gasteiger partial charge in [0.25, 0.3) is 12.4 Å². The van der Waals surface area contributed by atoms with Gasteiger partial charge in [-0.3, -0.25) is 14.4 Å². The van der Waals surface area contributed by atoms with Gasteiger partial charge in [0.05, 0.1) is 33.7 Å². The molecule has 3 rings (SSSR count). The maximum Gasteiger partial charge on any atom is 0.293 e. The number of piperidine rings is 1. The number of nitrogens with zero attached hydrogens (tertiary/aromatic N) is 1. The molecule has 0 aliphatic carbocycles. The quantitative estimate of drug-likeness (QED) is 0.169. The fraction of sp³-hybridized carbons (Fsp3) is 0.536. The van der Waals surface area contributed by atoms with E-state index in [2.05, 4.69) is 27.8 Å². The highest BCUT2D eigenvalue weighted by molar-refractivity contribution is 7.18. The summed E-state index contributed by atoms with van der Waals surface area (Å²) in [6.45, 7) is 4.94. The van der Waals surface area contributed by atoms with E-state index in [1.807, 2.05) is 18.2 Å². The molecule has 0 saturated carbocycles. The summed E-state index contributed by atoms with van der Waals surface area (Å²) in [7, 11) is 0. The number of hydrogen-bond acceptors (Lipinski definition) is 7. The van der Waals surface area contributed by atoms with E-state index in [1.165, 1.54) is 30.6 Å². The molecule has 3 N–H and O–H groups in total. The summed E-state index contributed by atoms with van der Waals surface area (Å²) in [5.74, 6) is -0.248. The van der Waals surface area contributed by atoms with Crippen LogP contribution >= 0.6 is 22.9 Å². The van der Waals surface area contributed by atoms with Crippen molar-refractivity contribution in [2.45, 2.75) is 70.8 Å². The van der Waals surface area contributed by atoms with Gasteiger partial charge in [-0.1, -0.05) is 44.2 Å². The lowest BCUT2D eigenvalue weighted by molar-refractivity contribution is -0.132. The Balaban J connectivity index is 1.61. The van der Waals surface area contributed by atoms with Crippen LogP contribution in [0.4, 0.5) is 17.1 Å². The predicted octanol–water partition coefficient (Wildman–Crippen LogP) is 6.07. The van der Waals surface area contributed by atoms with Crippen molar-refractivity contribution in [3.8, 4) is 0 Å². The molecule has 1 aliphatic heterocycles. The van der Waals surface area contributed by atoms with Crippen LogP contribution < -0.4 is 20.9 Å². The number of halogens is 1. The number of carbonyl (C=O) groups excluding carboxylic acids is 3. The van der Waals surface area contributed by atoms with Crippen LogP contribution in [-0.4, -0.2) is 50.6 Å². The van der Waals surface area contributed by atoms with Crippen molar-refractivity contribution in [1.29, 1.82) is 0 Å². The third kappa shape index (κ3) is 9.83. The van der Waals surface area contributed by atoms with E-state index in [9.17, 15) is 14.4 Å². The second-order valence-electron chi connectivity index (χ2n) is 9.54. The Morgan fingerprint density at radius 1 is 1.08 bits per heavy atom. The van der Waals surface area contributed by atoms with Gasteiger partial charge in [-0.25, -0.2) is 0 Å². The first kappa shape index (κ1) is 29.8. The lowest BCUT2D eigenvalue weighted by Crippen LogP contribution is -2.37. The van der Waals surface area contributed by atoms with Crippen LogP contribution in [0.3, 0.4) is 0 Å². The van der Waals surface area contributed by atoms with E-state index < -0.39 is 6.10 Å². The molecule has 1 unspecified atom stereocenters. The number of thiophene rings is 1. The number of unbranched alkanes of at least 4 members (excludes halogenated alkanes) is 4. The minimum atomic E-state index is -0.574. The Hall–Kier alpha value is -2.78. The van der Waals surface area contributed by atoms with Gasteiger partial charge >= 0.3 is 0 Å². The van der Waals surface area contributed by atoms with E-state index in [0.29, 0.717) is 22.1 Å². The average Bonchev–Trinajstić information content (AvgIpc) is 3.37. The normalized spacial score (nSPS) is 14.0. The molecule has 1 aromatic carbocycles. The molecule has 1 aromatic heterocycles.